The molecule has 4 N–H and O–H groups in total. The van der Waals surface area contributed by atoms with Crippen molar-refractivity contribution >= 4 is 18.3 Å². The predicted octanol–water partition coefficient (Wildman–Crippen LogP) is 2.57. The lowest BCUT2D eigenvalue weighted by molar-refractivity contribution is -0.125. The van der Waals surface area contributed by atoms with E-state index in [1.807, 2.05) is 42.5 Å². The molecule has 0 bridgehead atoms. The molecule has 1 atom stereocenters. The number of carbonyl (C=O) groups excluding carboxylic acids is 1. The van der Waals surface area contributed by atoms with Gasteiger partial charge in [0, 0.05) is 6.54 Å². The third-order valence-corrected chi connectivity index (χ3v) is 3.53. The Hall–Kier alpha value is -2.08. The molecule has 136 valence electrons. The lowest BCUT2D eigenvalue weighted by Crippen LogP contribution is -2.49. The molecule has 5 nitrogen and oxygen atoms in total. The van der Waals surface area contributed by atoms with Crippen molar-refractivity contribution in [2.24, 2.45) is 5.73 Å². The van der Waals surface area contributed by atoms with E-state index < -0.39 is 11.6 Å². The Morgan fingerprint density at radius 3 is 2.52 bits per heavy atom. The van der Waals surface area contributed by atoms with E-state index in [9.17, 15) is 9.90 Å². The van der Waals surface area contributed by atoms with Crippen molar-refractivity contribution < 1.29 is 14.6 Å². The van der Waals surface area contributed by atoms with Crippen LogP contribution in [0.2, 0.25) is 0 Å². The fourth-order valence-electron chi connectivity index (χ4n) is 2.09. The van der Waals surface area contributed by atoms with Crippen molar-refractivity contribution in [1.82, 2.24) is 5.32 Å². The highest BCUT2D eigenvalue weighted by Crippen LogP contribution is 2.20. The summed E-state index contributed by atoms with van der Waals surface area (Å²) in [7, 11) is 0. The lowest BCUT2D eigenvalue weighted by Gasteiger charge is -2.20. The molecule has 0 aliphatic heterocycles. The molecule has 6 heteroatoms. The average Bonchev–Trinajstić information content (AvgIpc) is 2.58. The van der Waals surface area contributed by atoms with Crippen LogP contribution in [0.1, 0.15) is 31.1 Å². The normalized spacial score (nSPS) is 12.0. The fraction of sp³-hybridized carbons (Fsp3) is 0.316. The van der Waals surface area contributed by atoms with Gasteiger partial charge < -0.3 is 20.9 Å². The zero-order chi connectivity index (χ0) is 17.6. The molecular weight excluding hydrogens is 340 g/mol. The zero-order valence-corrected chi connectivity index (χ0v) is 15.3. The van der Waals surface area contributed by atoms with Gasteiger partial charge in [-0.05, 0) is 37.1 Å². The second-order valence-corrected chi connectivity index (χ2v) is 6.29. The molecule has 0 radical (unpaired) electrons. The Morgan fingerprint density at radius 2 is 1.88 bits per heavy atom. The molecule has 2 aromatic carbocycles. The van der Waals surface area contributed by atoms with Crippen molar-refractivity contribution in [1.29, 1.82) is 0 Å². The van der Waals surface area contributed by atoms with Crippen molar-refractivity contribution in [2.45, 2.75) is 32.1 Å². The van der Waals surface area contributed by atoms with Crippen molar-refractivity contribution in [3.8, 4) is 5.75 Å². The summed E-state index contributed by atoms with van der Waals surface area (Å²) >= 11 is 0. The number of hydrogen-bond acceptors (Lipinski definition) is 4. The summed E-state index contributed by atoms with van der Waals surface area (Å²) in [4.78, 5) is 11.8. The maximum atomic E-state index is 11.8. The lowest BCUT2D eigenvalue weighted by atomic mass is 10.1. The van der Waals surface area contributed by atoms with Gasteiger partial charge in [-0.2, -0.15) is 0 Å². The molecule has 0 heterocycles. The number of halogens is 1. The van der Waals surface area contributed by atoms with Crippen molar-refractivity contribution in [3.63, 3.8) is 0 Å². The summed E-state index contributed by atoms with van der Waals surface area (Å²) in [5.41, 5.74) is 6.48. The Balaban J connectivity index is 0.00000312. The number of hydrogen-bond donors (Lipinski definition) is 3. The highest BCUT2D eigenvalue weighted by atomic mass is 35.5. The Bertz CT molecular complexity index is 672. The van der Waals surface area contributed by atoms with Gasteiger partial charge in [0.1, 0.15) is 12.4 Å². The number of aliphatic hydroxyl groups is 1. The molecule has 25 heavy (non-hydrogen) atoms. The second kappa shape index (κ2) is 9.42. The average molecular weight is 365 g/mol. The highest BCUT2D eigenvalue weighted by Gasteiger charge is 2.22. The van der Waals surface area contributed by atoms with Gasteiger partial charge in [-0.1, -0.05) is 42.5 Å². The van der Waals surface area contributed by atoms with Crippen LogP contribution in [0.3, 0.4) is 0 Å². The van der Waals surface area contributed by atoms with E-state index in [0.717, 1.165) is 5.56 Å². The summed E-state index contributed by atoms with van der Waals surface area (Å²) in [5.74, 6) is 0.360. The quantitative estimate of drug-likeness (QED) is 0.705. The number of rotatable bonds is 7. The SMILES string of the molecule is CC(C)(N)C(=O)NCC(O)c1cccc(OCc2ccccc2)c1.Cl. The maximum Gasteiger partial charge on any atom is 0.239 e. The summed E-state index contributed by atoms with van der Waals surface area (Å²) in [5, 5.41) is 12.9. The van der Waals surface area contributed by atoms with Gasteiger partial charge in [0.15, 0.2) is 0 Å². The first-order valence-corrected chi connectivity index (χ1v) is 7.88. The van der Waals surface area contributed by atoms with Gasteiger partial charge in [-0.15, -0.1) is 12.4 Å². The Kier molecular flexibility index (Phi) is 7.90. The first-order chi connectivity index (χ1) is 11.4. The number of aliphatic hydroxyl groups excluding tert-OH is 1. The smallest absolute Gasteiger partial charge is 0.239 e. The van der Waals surface area contributed by atoms with E-state index in [0.29, 0.717) is 17.9 Å². The highest BCUT2D eigenvalue weighted by molar-refractivity contribution is 5.85. The first kappa shape index (κ1) is 21.0. The van der Waals surface area contributed by atoms with E-state index >= 15 is 0 Å². The van der Waals surface area contributed by atoms with E-state index in [2.05, 4.69) is 5.32 Å². The molecule has 0 saturated carbocycles. The van der Waals surface area contributed by atoms with Gasteiger partial charge in [0.05, 0.1) is 11.6 Å². The van der Waals surface area contributed by atoms with E-state index in [1.165, 1.54) is 0 Å². The molecular formula is C19H25ClN2O3. The molecule has 0 fully saturated rings. The van der Waals surface area contributed by atoms with Crippen LogP contribution in [-0.2, 0) is 11.4 Å². The maximum absolute atomic E-state index is 11.8. The molecule has 0 aliphatic carbocycles. The van der Waals surface area contributed by atoms with Crippen LogP contribution in [0.4, 0.5) is 0 Å². The van der Waals surface area contributed by atoms with E-state index in [4.69, 9.17) is 10.5 Å². The van der Waals surface area contributed by atoms with Crippen molar-refractivity contribution in [3.05, 3.63) is 65.7 Å². The van der Waals surface area contributed by atoms with Crippen LogP contribution < -0.4 is 15.8 Å². The molecule has 1 amide bonds. The summed E-state index contributed by atoms with van der Waals surface area (Å²) in [6.07, 6.45) is -0.823. The van der Waals surface area contributed by atoms with Crippen LogP contribution in [0.5, 0.6) is 5.75 Å². The number of carbonyl (C=O) groups is 1. The number of nitrogens with one attached hydrogen (secondary N) is 1. The minimum Gasteiger partial charge on any atom is -0.489 e. The Morgan fingerprint density at radius 1 is 1.20 bits per heavy atom. The van der Waals surface area contributed by atoms with Crippen LogP contribution in [0.15, 0.2) is 54.6 Å². The summed E-state index contributed by atoms with van der Waals surface area (Å²) < 4.78 is 5.74. The van der Waals surface area contributed by atoms with Crippen molar-refractivity contribution in [2.75, 3.05) is 6.54 Å². The molecule has 2 aromatic rings. The molecule has 0 aromatic heterocycles. The summed E-state index contributed by atoms with van der Waals surface area (Å²) in [6.45, 7) is 3.79. The van der Waals surface area contributed by atoms with Gasteiger partial charge in [0.25, 0.3) is 0 Å². The van der Waals surface area contributed by atoms with Crippen LogP contribution in [0.25, 0.3) is 0 Å². The molecule has 0 saturated heterocycles. The number of ether oxygens (including phenoxy) is 1. The fourth-order valence-corrected chi connectivity index (χ4v) is 2.09. The number of amides is 1. The number of nitrogens with two attached hydrogens (primary N) is 1. The molecule has 2 rings (SSSR count). The van der Waals surface area contributed by atoms with Gasteiger partial charge in [0.2, 0.25) is 5.91 Å². The molecule has 1 unspecified atom stereocenters. The number of benzene rings is 2. The largest absolute Gasteiger partial charge is 0.489 e. The zero-order valence-electron chi connectivity index (χ0n) is 14.4. The first-order valence-electron chi connectivity index (χ1n) is 7.88. The second-order valence-electron chi connectivity index (χ2n) is 6.29. The molecule has 0 aliphatic rings. The molecule has 0 spiro atoms. The van der Waals surface area contributed by atoms with Crippen LogP contribution in [0, 0.1) is 0 Å². The minimum atomic E-state index is -0.972. The van der Waals surface area contributed by atoms with Crippen LogP contribution in [-0.4, -0.2) is 23.1 Å². The van der Waals surface area contributed by atoms with Gasteiger partial charge in [-0.3, -0.25) is 4.79 Å². The standard InChI is InChI=1S/C19H24N2O3.ClH/c1-19(2,20)18(23)21-12-17(22)15-9-6-10-16(11-15)24-13-14-7-4-3-5-8-14;/h3-11,17,22H,12-13,20H2,1-2H3,(H,21,23);1H. The third kappa shape index (κ3) is 6.74. The van der Waals surface area contributed by atoms with Gasteiger partial charge >= 0.3 is 0 Å². The van der Waals surface area contributed by atoms with Crippen LogP contribution >= 0.6 is 12.4 Å². The third-order valence-electron chi connectivity index (χ3n) is 3.53. The van der Waals surface area contributed by atoms with Gasteiger partial charge in [-0.25, -0.2) is 0 Å². The minimum absolute atomic E-state index is 0. The monoisotopic (exact) mass is 364 g/mol. The topological polar surface area (TPSA) is 84.6 Å². The Labute approximate surface area is 154 Å². The summed E-state index contributed by atoms with van der Waals surface area (Å²) in [6, 6.07) is 17.1. The van der Waals surface area contributed by atoms with E-state index in [1.54, 1.807) is 26.0 Å². The predicted molar refractivity (Wildman–Crippen MR) is 101 cm³/mol. The van der Waals surface area contributed by atoms with E-state index in [-0.39, 0.29) is 24.9 Å².